The molecule has 2 aromatic rings. The van der Waals surface area contributed by atoms with Crippen LogP contribution in [0.2, 0.25) is 5.02 Å². The Hall–Kier alpha value is -1.65. The zero-order valence-corrected chi connectivity index (χ0v) is 13.9. The molecule has 1 amide bonds. The first kappa shape index (κ1) is 16.7. The number of halogens is 1. The Labute approximate surface area is 138 Å². The molecule has 116 valence electrons. The summed E-state index contributed by atoms with van der Waals surface area (Å²) in [6.07, 6.45) is 0.692. The van der Waals surface area contributed by atoms with Crippen LogP contribution < -0.4 is 5.32 Å². The van der Waals surface area contributed by atoms with Gasteiger partial charge in [0.25, 0.3) is 0 Å². The molecule has 2 rings (SSSR count). The Balaban J connectivity index is 1.92. The highest BCUT2D eigenvalue weighted by Gasteiger charge is 2.06. The third-order valence-corrected chi connectivity index (χ3v) is 4.82. The third-order valence-electron chi connectivity index (χ3n) is 3.13. The van der Waals surface area contributed by atoms with E-state index in [1.807, 2.05) is 48.5 Å². The fourth-order valence-electron chi connectivity index (χ4n) is 2.13. The standard InChI is InChI=1S/C17H18ClNO2S/c1-13(20)19-16-7-4-5-14(11-16)12-22(21)10-9-15-6-2-3-8-17(15)18/h2-8,11H,9-10,12H2,1H3,(H,19,20)/t22-/m1/s1. The van der Waals surface area contributed by atoms with Crippen LogP contribution in [0.25, 0.3) is 0 Å². The summed E-state index contributed by atoms with van der Waals surface area (Å²) in [5, 5.41) is 3.44. The van der Waals surface area contributed by atoms with Gasteiger partial charge >= 0.3 is 0 Å². The van der Waals surface area contributed by atoms with Crippen molar-refractivity contribution in [1.29, 1.82) is 0 Å². The minimum Gasteiger partial charge on any atom is -0.326 e. The Bertz CT molecular complexity index is 688. The smallest absolute Gasteiger partial charge is 0.221 e. The lowest BCUT2D eigenvalue weighted by atomic mass is 10.2. The molecule has 5 heteroatoms. The minimum absolute atomic E-state index is 0.114. The number of carbonyl (C=O) groups is 1. The Morgan fingerprint density at radius 2 is 1.95 bits per heavy atom. The average molecular weight is 336 g/mol. The van der Waals surface area contributed by atoms with Crippen LogP contribution in [-0.4, -0.2) is 15.9 Å². The summed E-state index contributed by atoms with van der Waals surface area (Å²) >= 11 is 6.10. The van der Waals surface area contributed by atoms with Crippen LogP contribution in [0.15, 0.2) is 48.5 Å². The number of nitrogens with one attached hydrogen (secondary N) is 1. The van der Waals surface area contributed by atoms with Gasteiger partial charge in [-0.25, -0.2) is 0 Å². The van der Waals surface area contributed by atoms with E-state index in [9.17, 15) is 9.00 Å². The minimum atomic E-state index is -0.972. The number of rotatable bonds is 6. The molecule has 0 saturated heterocycles. The van der Waals surface area contributed by atoms with E-state index >= 15 is 0 Å². The van der Waals surface area contributed by atoms with Crippen molar-refractivity contribution in [2.24, 2.45) is 0 Å². The van der Waals surface area contributed by atoms with E-state index in [1.54, 1.807) is 0 Å². The van der Waals surface area contributed by atoms with Gasteiger partial charge < -0.3 is 5.32 Å². The molecular formula is C17H18ClNO2S. The van der Waals surface area contributed by atoms with E-state index in [2.05, 4.69) is 5.32 Å². The van der Waals surface area contributed by atoms with Gasteiger partial charge in [-0.15, -0.1) is 0 Å². The van der Waals surface area contributed by atoms with Crippen LogP contribution >= 0.6 is 11.6 Å². The van der Waals surface area contributed by atoms with Crippen LogP contribution in [0.4, 0.5) is 5.69 Å². The molecule has 22 heavy (non-hydrogen) atoms. The zero-order valence-electron chi connectivity index (χ0n) is 12.3. The van der Waals surface area contributed by atoms with Gasteiger partial charge in [0.05, 0.1) is 0 Å². The van der Waals surface area contributed by atoms with Gasteiger partial charge in [-0.1, -0.05) is 41.9 Å². The van der Waals surface area contributed by atoms with Crippen molar-refractivity contribution >= 4 is 34.0 Å². The maximum absolute atomic E-state index is 12.2. The maximum atomic E-state index is 12.2. The van der Waals surface area contributed by atoms with E-state index in [0.29, 0.717) is 22.9 Å². The molecule has 0 saturated carbocycles. The molecule has 1 N–H and O–H groups in total. The molecule has 0 radical (unpaired) electrons. The first-order valence-corrected chi connectivity index (χ1v) is 8.86. The molecule has 0 spiro atoms. The quantitative estimate of drug-likeness (QED) is 0.873. The van der Waals surface area contributed by atoms with Crippen molar-refractivity contribution in [3.63, 3.8) is 0 Å². The summed E-state index contributed by atoms with van der Waals surface area (Å²) in [6.45, 7) is 1.47. The molecule has 0 bridgehead atoms. The first-order chi connectivity index (χ1) is 10.5. The number of anilines is 1. The van der Waals surface area contributed by atoms with Crippen LogP contribution in [-0.2, 0) is 27.8 Å². The maximum Gasteiger partial charge on any atom is 0.221 e. The van der Waals surface area contributed by atoms with Gasteiger partial charge in [0, 0.05) is 39.9 Å². The van der Waals surface area contributed by atoms with Crippen molar-refractivity contribution in [3.05, 3.63) is 64.7 Å². The summed E-state index contributed by atoms with van der Waals surface area (Å²) < 4.78 is 12.2. The Morgan fingerprint density at radius 3 is 2.68 bits per heavy atom. The number of carbonyl (C=O) groups excluding carboxylic acids is 1. The molecule has 0 aliphatic carbocycles. The van der Waals surface area contributed by atoms with Gasteiger partial charge in [0.15, 0.2) is 0 Å². The average Bonchev–Trinajstić information content (AvgIpc) is 2.46. The number of aryl methyl sites for hydroxylation is 1. The zero-order chi connectivity index (χ0) is 15.9. The van der Waals surface area contributed by atoms with Gasteiger partial charge in [0.1, 0.15) is 0 Å². The van der Waals surface area contributed by atoms with Crippen LogP contribution in [0.1, 0.15) is 18.1 Å². The molecule has 1 atom stereocenters. The van der Waals surface area contributed by atoms with Crippen molar-refractivity contribution in [3.8, 4) is 0 Å². The predicted octanol–water partition coefficient (Wildman–Crippen LogP) is 3.79. The van der Waals surface area contributed by atoms with E-state index in [0.717, 1.165) is 16.8 Å². The van der Waals surface area contributed by atoms with Crippen LogP contribution in [0, 0.1) is 0 Å². The van der Waals surface area contributed by atoms with Crippen molar-refractivity contribution in [1.82, 2.24) is 0 Å². The summed E-state index contributed by atoms with van der Waals surface area (Å²) in [4.78, 5) is 11.1. The molecule has 0 aromatic heterocycles. The fourth-order valence-corrected chi connectivity index (χ4v) is 3.50. The lowest BCUT2D eigenvalue weighted by molar-refractivity contribution is -0.114. The Morgan fingerprint density at radius 1 is 1.18 bits per heavy atom. The van der Waals surface area contributed by atoms with E-state index < -0.39 is 10.8 Å². The summed E-state index contributed by atoms with van der Waals surface area (Å²) in [6, 6.07) is 15.1. The molecule has 0 unspecified atom stereocenters. The Kier molecular flexibility index (Phi) is 6.16. The lowest BCUT2D eigenvalue weighted by Gasteiger charge is -2.07. The normalized spacial score (nSPS) is 11.9. The number of benzene rings is 2. The summed E-state index contributed by atoms with van der Waals surface area (Å²) in [5.74, 6) is 0.920. The van der Waals surface area contributed by atoms with Crippen LogP contribution in [0.5, 0.6) is 0 Å². The second kappa shape index (κ2) is 8.11. The topological polar surface area (TPSA) is 46.2 Å². The second-order valence-electron chi connectivity index (χ2n) is 5.01. The molecular weight excluding hydrogens is 318 g/mol. The second-order valence-corrected chi connectivity index (χ2v) is 7.00. The van der Waals surface area contributed by atoms with Crippen molar-refractivity contribution in [2.45, 2.75) is 19.1 Å². The molecule has 0 aliphatic rings. The highest BCUT2D eigenvalue weighted by Crippen LogP contribution is 2.17. The molecule has 0 heterocycles. The highest BCUT2D eigenvalue weighted by molar-refractivity contribution is 7.84. The van der Waals surface area contributed by atoms with Gasteiger partial charge in [-0.2, -0.15) is 0 Å². The molecule has 0 aliphatic heterocycles. The number of hydrogen-bond acceptors (Lipinski definition) is 2. The number of amides is 1. The summed E-state index contributed by atoms with van der Waals surface area (Å²) in [7, 11) is -0.972. The van der Waals surface area contributed by atoms with Gasteiger partial charge in [-0.3, -0.25) is 9.00 Å². The fraction of sp³-hybridized carbons (Fsp3) is 0.235. The lowest BCUT2D eigenvalue weighted by Crippen LogP contribution is -2.07. The van der Waals surface area contributed by atoms with E-state index in [1.165, 1.54) is 6.92 Å². The molecule has 2 aromatic carbocycles. The number of hydrogen-bond donors (Lipinski definition) is 1. The predicted molar refractivity (Wildman–Crippen MR) is 92.6 cm³/mol. The largest absolute Gasteiger partial charge is 0.326 e. The first-order valence-electron chi connectivity index (χ1n) is 6.99. The van der Waals surface area contributed by atoms with Crippen molar-refractivity contribution < 1.29 is 9.00 Å². The van der Waals surface area contributed by atoms with Gasteiger partial charge in [-0.05, 0) is 35.7 Å². The monoisotopic (exact) mass is 335 g/mol. The van der Waals surface area contributed by atoms with E-state index in [-0.39, 0.29) is 5.91 Å². The van der Waals surface area contributed by atoms with Gasteiger partial charge in [0.2, 0.25) is 5.91 Å². The highest BCUT2D eigenvalue weighted by atomic mass is 35.5. The van der Waals surface area contributed by atoms with Crippen LogP contribution in [0.3, 0.4) is 0 Å². The van der Waals surface area contributed by atoms with E-state index in [4.69, 9.17) is 11.6 Å². The van der Waals surface area contributed by atoms with Crippen molar-refractivity contribution in [2.75, 3.05) is 11.1 Å². The third kappa shape index (κ3) is 5.28. The molecule has 0 fully saturated rings. The molecule has 3 nitrogen and oxygen atoms in total. The summed E-state index contributed by atoms with van der Waals surface area (Å²) in [5.41, 5.74) is 2.70. The SMILES string of the molecule is CC(=O)Nc1cccc(C[S@](=O)CCc2ccccc2Cl)c1.